The molecule has 0 spiro atoms. The zero-order valence-electron chi connectivity index (χ0n) is 17.3. The van der Waals surface area contributed by atoms with Crippen molar-refractivity contribution >= 4 is 11.8 Å². The summed E-state index contributed by atoms with van der Waals surface area (Å²) >= 11 is 0. The first kappa shape index (κ1) is 19.6. The van der Waals surface area contributed by atoms with E-state index in [0.717, 1.165) is 50.4 Å². The number of hydrogen-bond donors (Lipinski definition) is 0. The van der Waals surface area contributed by atoms with Crippen LogP contribution in [0, 0.1) is 6.92 Å². The second kappa shape index (κ2) is 7.94. The van der Waals surface area contributed by atoms with Crippen LogP contribution < -0.4 is 0 Å². The molecular weight excluding hydrogens is 368 g/mol. The van der Waals surface area contributed by atoms with Crippen molar-refractivity contribution in [1.82, 2.24) is 29.5 Å². The van der Waals surface area contributed by atoms with Crippen LogP contribution in [0.5, 0.6) is 0 Å². The van der Waals surface area contributed by atoms with Gasteiger partial charge in [-0.2, -0.15) is 5.10 Å². The molecule has 0 radical (unpaired) electrons. The molecule has 0 saturated carbocycles. The molecule has 2 aromatic rings. The minimum absolute atomic E-state index is 0.00232. The zero-order chi connectivity index (χ0) is 20.5. The third-order valence-corrected chi connectivity index (χ3v) is 5.92. The Morgan fingerprint density at radius 2 is 1.79 bits per heavy atom. The van der Waals surface area contributed by atoms with E-state index >= 15 is 0 Å². The van der Waals surface area contributed by atoms with Gasteiger partial charge in [-0.05, 0) is 38.9 Å². The van der Waals surface area contributed by atoms with Gasteiger partial charge in [-0.3, -0.25) is 19.3 Å². The van der Waals surface area contributed by atoms with E-state index in [4.69, 9.17) is 0 Å². The third-order valence-electron chi connectivity index (χ3n) is 5.92. The number of aromatic nitrogens is 3. The lowest BCUT2D eigenvalue weighted by Gasteiger charge is -2.32. The first-order valence-electron chi connectivity index (χ1n) is 10.2. The molecule has 1 unspecified atom stereocenters. The van der Waals surface area contributed by atoms with E-state index in [1.807, 2.05) is 35.9 Å². The Morgan fingerprint density at radius 3 is 2.41 bits per heavy atom. The predicted octanol–water partition coefficient (Wildman–Crippen LogP) is 1.49. The van der Waals surface area contributed by atoms with Crippen molar-refractivity contribution in [3.05, 3.63) is 47.0 Å². The lowest BCUT2D eigenvalue weighted by Crippen LogP contribution is -2.47. The van der Waals surface area contributed by atoms with Crippen molar-refractivity contribution in [3.8, 4) is 0 Å². The number of carbonyl (C=O) groups is 2. The molecule has 29 heavy (non-hydrogen) atoms. The molecule has 2 fully saturated rings. The van der Waals surface area contributed by atoms with Gasteiger partial charge in [0, 0.05) is 52.2 Å². The number of likely N-dealkylation sites (tertiary alicyclic amines) is 1. The molecule has 2 aliphatic rings. The molecule has 154 valence electrons. The second-order valence-corrected chi connectivity index (χ2v) is 8.03. The summed E-state index contributed by atoms with van der Waals surface area (Å²) in [5.41, 5.74) is 2.83. The van der Waals surface area contributed by atoms with Gasteiger partial charge < -0.3 is 14.7 Å². The highest BCUT2D eigenvalue weighted by Gasteiger charge is 2.33. The van der Waals surface area contributed by atoms with E-state index in [1.165, 1.54) is 0 Å². The molecule has 8 nitrogen and oxygen atoms in total. The van der Waals surface area contributed by atoms with E-state index in [1.54, 1.807) is 17.1 Å². The van der Waals surface area contributed by atoms with E-state index in [-0.39, 0.29) is 17.9 Å². The number of nitrogens with zero attached hydrogens (tertiary/aromatic N) is 6. The van der Waals surface area contributed by atoms with Crippen LogP contribution in [0.1, 0.15) is 51.0 Å². The zero-order valence-corrected chi connectivity index (χ0v) is 17.3. The first-order valence-corrected chi connectivity index (χ1v) is 10.2. The Bertz CT molecular complexity index is 898. The summed E-state index contributed by atoms with van der Waals surface area (Å²) in [5, 5.41) is 4.29. The van der Waals surface area contributed by atoms with Gasteiger partial charge in [0.05, 0.1) is 28.6 Å². The van der Waals surface area contributed by atoms with Gasteiger partial charge in [0.15, 0.2) is 0 Å². The maximum absolute atomic E-state index is 13.1. The number of hydrogen-bond acceptors (Lipinski definition) is 5. The van der Waals surface area contributed by atoms with Crippen molar-refractivity contribution in [3.63, 3.8) is 0 Å². The maximum Gasteiger partial charge on any atom is 0.257 e. The Labute approximate surface area is 171 Å². The molecule has 2 amide bonds. The number of rotatable bonds is 3. The highest BCUT2D eigenvalue weighted by atomic mass is 16.2. The first-order chi connectivity index (χ1) is 13.9. The summed E-state index contributed by atoms with van der Waals surface area (Å²) in [7, 11) is 3.89. The molecule has 2 saturated heterocycles. The van der Waals surface area contributed by atoms with Gasteiger partial charge in [-0.15, -0.1) is 0 Å². The fourth-order valence-corrected chi connectivity index (χ4v) is 4.20. The molecule has 0 aromatic carbocycles. The van der Waals surface area contributed by atoms with Gasteiger partial charge in [0.25, 0.3) is 11.8 Å². The van der Waals surface area contributed by atoms with Crippen molar-refractivity contribution in [2.75, 3.05) is 39.8 Å². The average Bonchev–Trinajstić information content (AvgIpc) is 3.34. The number of piperazine rings is 1. The number of likely N-dealkylation sites (N-methyl/N-ethyl adjacent to an activating group) is 1. The van der Waals surface area contributed by atoms with Crippen LogP contribution in [0.2, 0.25) is 0 Å². The molecule has 4 heterocycles. The smallest absolute Gasteiger partial charge is 0.257 e. The Hall–Kier alpha value is -2.74. The van der Waals surface area contributed by atoms with Crippen LogP contribution in [-0.2, 0) is 7.05 Å². The molecule has 8 heteroatoms. The normalized spacial score (nSPS) is 20.3. The SMILES string of the molecule is Cc1nn(C)cc1C(=O)N1CCCC1c1ccc(C(=O)N2CCN(C)CC2)cn1. The third kappa shape index (κ3) is 3.89. The van der Waals surface area contributed by atoms with Gasteiger partial charge in [0.1, 0.15) is 0 Å². The molecule has 2 aliphatic heterocycles. The van der Waals surface area contributed by atoms with Crippen LogP contribution in [0.25, 0.3) is 0 Å². The number of aryl methyl sites for hydroxylation is 2. The van der Waals surface area contributed by atoms with Gasteiger partial charge in [-0.25, -0.2) is 0 Å². The summed E-state index contributed by atoms with van der Waals surface area (Å²) < 4.78 is 1.67. The molecule has 2 aromatic heterocycles. The highest BCUT2D eigenvalue weighted by molar-refractivity contribution is 5.95. The van der Waals surface area contributed by atoms with Crippen molar-refractivity contribution < 1.29 is 9.59 Å². The number of amides is 2. The van der Waals surface area contributed by atoms with Gasteiger partial charge >= 0.3 is 0 Å². The molecule has 0 aliphatic carbocycles. The standard InChI is InChI=1S/C21H28N6O2/c1-15-17(14-25(3)23-15)21(29)27-8-4-5-19(27)18-7-6-16(13-22-18)20(28)26-11-9-24(2)10-12-26/h6-7,13-14,19H,4-5,8-12H2,1-3H3. The minimum atomic E-state index is -0.0603. The van der Waals surface area contributed by atoms with Crippen LogP contribution in [0.3, 0.4) is 0 Å². The molecule has 4 rings (SSSR count). The molecular formula is C21H28N6O2. The van der Waals surface area contributed by atoms with E-state index in [9.17, 15) is 9.59 Å². The lowest BCUT2D eigenvalue weighted by atomic mass is 10.1. The Balaban J connectivity index is 1.48. The van der Waals surface area contributed by atoms with Crippen LogP contribution in [-0.4, -0.2) is 81.1 Å². The predicted molar refractivity (Wildman–Crippen MR) is 109 cm³/mol. The fraction of sp³-hybridized carbons (Fsp3) is 0.524. The van der Waals surface area contributed by atoms with Crippen LogP contribution >= 0.6 is 0 Å². The minimum Gasteiger partial charge on any atom is -0.336 e. The Kier molecular flexibility index (Phi) is 5.36. The number of carbonyl (C=O) groups excluding carboxylic acids is 2. The summed E-state index contributed by atoms with van der Waals surface area (Å²) in [6.07, 6.45) is 5.26. The highest BCUT2D eigenvalue weighted by Crippen LogP contribution is 2.32. The van der Waals surface area contributed by atoms with Gasteiger partial charge in [-0.1, -0.05) is 0 Å². The largest absolute Gasteiger partial charge is 0.336 e. The van der Waals surface area contributed by atoms with Gasteiger partial charge in [0.2, 0.25) is 0 Å². The van der Waals surface area contributed by atoms with Crippen molar-refractivity contribution in [2.24, 2.45) is 7.05 Å². The van der Waals surface area contributed by atoms with E-state index < -0.39 is 0 Å². The summed E-state index contributed by atoms with van der Waals surface area (Å²) in [4.78, 5) is 36.3. The van der Waals surface area contributed by atoms with E-state index in [2.05, 4.69) is 22.0 Å². The van der Waals surface area contributed by atoms with Crippen LogP contribution in [0.15, 0.2) is 24.5 Å². The Morgan fingerprint density at radius 1 is 1.03 bits per heavy atom. The molecule has 1 atom stereocenters. The van der Waals surface area contributed by atoms with E-state index in [0.29, 0.717) is 17.7 Å². The summed E-state index contributed by atoms with van der Waals surface area (Å²) in [6.45, 7) is 5.84. The quantitative estimate of drug-likeness (QED) is 0.786. The molecule has 0 N–H and O–H groups in total. The van der Waals surface area contributed by atoms with Crippen molar-refractivity contribution in [2.45, 2.75) is 25.8 Å². The summed E-state index contributed by atoms with van der Waals surface area (Å²) in [6, 6.07) is 3.68. The monoisotopic (exact) mass is 396 g/mol. The topological polar surface area (TPSA) is 74.6 Å². The maximum atomic E-state index is 13.1. The number of pyridine rings is 1. The van der Waals surface area contributed by atoms with Crippen molar-refractivity contribution in [1.29, 1.82) is 0 Å². The lowest BCUT2D eigenvalue weighted by molar-refractivity contribution is 0.0661. The summed E-state index contributed by atoms with van der Waals surface area (Å²) in [5.74, 6) is 0.0278. The second-order valence-electron chi connectivity index (χ2n) is 8.03. The van der Waals surface area contributed by atoms with Crippen LogP contribution in [0.4, 0.5) is 0 Å². The fourth-order valence-electron chi connectivity index (χ4n) is 4.20. The molecule has 0 bridgehead atoms. The average molecular weight is 396 g/mol.